The number of carbonyl (C=O) groups is 5. The average molecular weight is 495 g/mol. The lowest BCUT2D eigenvalue weighted by Gasteiger charge is -2.44. The molecule has 1 aromatic rings. The monoisotopic (exact) mass is 495 g/mol. The van der Waals surface area contributed by atoms with Crippen molar-refractivity contribution < 1.29 is 52.4 Å². The number of carbonyl (C=O) groups excluding carboxylic acids is 5. The van der Waals surface area contributed by atoms with Gasteiger partial charge in [0.25, 0.3) is 0 Å². The Bertz CT molecular complexity index is 904. The van der Waals surface area contributed by atoms with Gasteiger partial charge < -0.3 is 33.7 Å². The molecule has 1 saturated heterocycles. The first kappa shape index (κ1) is 27.7. The highest BCUT2D eigenvalue weighted by atomic mass is 16.7. The molecule has 1 heterocycles. The molecule has 3 unspecified atom stereocenters. The van der Waals surface area contributed by atoms with Gasteiger partial charge in [0.1, 0.15) is 25.4 Å². The maximum Gasteiger partial charge on any atom is 0.305 e. The fourth-order valence-electron chi connectivity index (χ4n) is 3.38. The van der Waals surface area contributed by atoms with Crippen LogP contribution in [-0.2, 0) is 59.0 Å². The average Bonchev–Trinajstić information content (AvgIpc) is 2.76. The Morgan fingerprint density at radius 1 is 0.829 bits per heavy atom. The molecule has 0 saturated carbocycles. The Kier molecular flexibility index (Phi) is 10.6. The molecule has 0 aliphatic carbocycles. The number of hydrogen-bond acceptors (Lipinski definition) is 11. The van der Waals surface area contributed by atoms with Crippen molar-refractivity contribution in [1.29, 1.82) is 0 Å². The molecule has 12 heteroatoms. The van der Waals surface area contributed by atoms with Crippen molar-refractivity contribution in [3.05, 3.63) is 35.9 Å². The summed E-state index contributed by atoms with van der Waals surface area (Å²) in [4.78, 5) is 59.3. The van der Waals surface area contributed by atoms with Crippen molar-refractivity contribution in [1.82, 2.24) is 5.32 Å². The van der Waals surface area contributed by atoms with Gasteiger partial charge in [-0.2, -0.15) is 0 Å². The van der Waals surface area contributed by atoms with E-state index < -0.39 is 67.0 Å². The van der Waals surface area contributed by atoms with Crippen LogP contribution in [0, 0.1) is 0 Å². The fourth-order valence-corrected chi connectivity index (χ4v) is 3.38. The van der Waals surface area contributed by atoms with E-state index in [0.717, 1.165) is 33.3 Å². The normalized spacial score (nSPS) is 23.5. The van der Waals surface area contributed by atoms with E-state index in [1.807, 2.05) is 30.3 Å². The molecule has 1 aliphatic rings. The number of ether oxygens (including phenoxy) is 6. The van der Waals surface area contributed by atoms with E-state index in [4.69, 9.17) is 28.4 Å². The lowest BCUT2D eigenvalue weighted by molar-refractivity contribution is -0.271. The molecule has 1 aromatic carbocycles. The third-order valence-corrected chi connectivity index (χ3v) is 4.66. The molecule has 0 aromatic heterocycles. The van der Waals surface area contributed by atoms with E-state index in [1.165, 1.54) is 0 Å². The van der Waals surface area contributed by atoms with Gasteiger partial charge in [0, 0.05) is 27.7 Å². The van der Waals surface area contributed by atoms with E-state index in [9.17, 15) is 24.0 Å². The van der Waals surface area contributed by atoms with Crippen LogP contribution >= 0.6 is 0 Å². The second-order valence-corrected chi connectivity index (χ2v) is 7.67. The molecule has 1 aliphatic heterocycles. The Balaban J connectivity index is 2.24. The maximum absolute atomic E-state index is 12.6. The predicted octanol–water partition coefficient (Wildman–Crippen LogP) is 0.403. The van der Waals surface area contributed by atoms with E-state index in [1.54, 1.807) is 0 Å². The molecule has 1 fully saturated rings. The lowest BCUT2D eigenvalue weighted by Crippen LogP contribution is -2.67. The number of nitrogens with one attached hydrogen (secondary N) is 1. The number of hydrogen-bond donors (Lipinski definition) is 1. The van der Waals surface area contributed by atoms with Crippen LogP contribution in [0.1, 0.15) is 33.3 Å². The molecule has 1 amide bonds. The minimum absolute atomic E-state index is 0.163. The molecule has 1 N–H and O–H groups in total. The molecule has 192 valence electrons. The number of benzene rings is 1. The summed E-state index contributed by atoms with van der Waals surface area (Å²) in [5, 5.41) is 2.56. The second-order valence-electron chi connectivity index (χ2n) is 7.67. The van der Waals surface area contributed by atoms with E-state index in [0.29, 0.717) is 0 Å². The molecular formula is C23H29NO11. The van der Waals surface area contributed by atoms with Crippen LogP contribution in [0.2, 0.25) is 0 Å². The van der Waals surface area contributed by atoms with Gasteiger partial charge in [-0.1, -0.05) is 30.3 Å². The topological polar surface area (TPSA) is 153 Å². The highest BCUT2D eigenvalue weighted by Crippen LogP contribution is 2.28. The van der Waals surface area contributed by atoms with Crippen LogP contribution in [0.3, 0.4) is 0 Å². The summed E-state index contributed by atoms with van der Waals surface area (Å²) in [5.41, 5.74) is 0.847. The Labute approximate surface area is 202 Å². The Hall–Kier alpha value is -3.51. The molecule has 12 nitrogen and oxygen atoms in total. The minimum atomic E-state index is -1.46. The van der Waals surface area contributed by atoms with Crippen molar-refractivity contribution in [2.45, 2.75) is 64.9 Å². The first-order chi connectivity index (χ1) is 16.6. The van der Waals surface area contributed by atoms with Crippen molar-refractivity contribution in [3.63, 3.8) is 0 Å². The highest BCUT2D eigenvalue weighted by Gasteiger charge is 2.52. The molecule has 0 spiro atoms. The smallest absolute Gasteiger partial charge is 0.305 e. The molecule has 0 radical (unpaired) electrons. The SMILES string of the molecule is CC(=O)OCC1OC(OC(C)=O)C(NC(=O)COCc2ccccc2)[C@@H](OC(C)=O)[C@@H]1OC(C)=O. The van der Waals surface area contributed by atoms with Gasteiger partial charge in [-0.15, -0.1) is 0 Å². The minimum Gasteiger partial charge on any atom is -0.463 e. The first-order valence-corrected chi connectivity index (χ1v) is 10.8. The van der Waals surface area contributed by atoms with E-state index >= 15 is 0 Å². The fraction of sp³-hybridized carbons (Fsp3) is 0.522. The third-order valence-electron chi connectivity index (χ3n) is 4.66. The predicted molar refractivity (Wildman–Crippen MR) is 116 cm³/mol. The Morgan fingerprint density at radius 2 is 1.43 bits per heavy atom. The quantitative estimate of drug-likeness (QED) is 0.354. The van der Waals surface area contributed by atoms with Gasteiger partial charge in [-0.25, -0.2) is 0 Å². The van der Waals surface area contributed by atoms with Gasteiger partial charge >= 0.3 is 23.9 Å². The summed E-state index contributed by atoms with van der Waals surface area (Å²) in [5.74, 6) is -3.54. The van der Waals surface area contributed by atoms with Gasteiger partial charge in [0.15, 0.2) is 12.2 Å². The van der Waals surface area contributed by atoms with Crippen LogP contribution < -0.4 is 5.32 Å². The van der Waals surface area contributed by atoms with Gasteiger partial charge in [0.05, 0.1) is 6.61 Å². The van der Waals surface area contributed by atoms with Gasteiger partial charge in [-0.05, 0) is 5.56 Å². The summed E-state index contributed by atoms with van der Waals surface area (Å²) in [6.45, 7) is 3.90. The third kappa shape index (κ3) is 9.33. The molecule has 5 atom stereocenters. The summed E-state index contributed by atoms with van der Waals surface area (Å²) in [7, 11) is 0. The molecule has 35 heavy (non-hydrogen) atoms. The summed E-state index contributed by atoms with van der Waals surface area (Å²) >= 11 is 0. The van der Waals surface area contributed by atoms with Crippen LogP contribution in [0.25, 0.3) is 0 Å². The lowest BCUT2D eigenvalue weighted by atomic mass is 9.96. The number of rotatable bonds is 10. The van der Waals surface area contributed by atoms with Gasteiger partial charge in [0.2, 0.25) is 12.2 Å². The summed E-state index contributed by atoms with van der Waals surface area (Å²) in [6, 6.07) is 7.88. The Morgan fingerprint density at radius 3 is 2.00 bits per heavy atom. The van der Waals surface area contributed by atoms with Crippen LogP contribution in [0.5, 0.6) is 0 Å². The largest absolute Gasteiger partial charge is 0.463 e. The zero-order valence-corrected chi connectivity index (χ0v) is 19.9. The zero-order chi connectivity index (χ0) is 26.0. The van der Waals surface area contributed by atoms with E-state index in [2.05, 4.69) is 5.32 Å². The van der Waals surface area contributed by atoms with E-state index in [-0.39, 0.29) is 13.2 Å². The highest BCUT2D eigenvalue weighted by molar-refractivity contribution is 5.78. The van der Waals surface area contributed by atoms with Crippen molar-refractivity contribution in [2.75, 3.05) is 13.2 Å². The van der Waals surface area contributed by atoms with Crippen LogP contribution in [0.15, 0.2) is 30.3 Å². The first-order valence-electron chi connectivity index (χ1n) is 10.8. The van der Waals surface area contributed by atoms with Crippen molar-refractivity contribution in [3.8, 4) is 0 Å². The zero-order valence-electron chi connectivity index (χ0n) is 19.9. The van der Waals surface area contributed by atoms with Gasteiger partial charge in [-0.3, -0.25) is 24.0 Å². The summed E-state index contributed by atoms with van der Waals surface area (Å²) < 4.78 is 32.0. The van der Waals surface area contributed by atoms with Crippen LogP contribution in [0.4, 0.5) is 0 Å². The van der Waals surface area contributed by atoms with Crippen molar-refractivity contribution in [2.24, 2.45) is 0 Å². The van der Waals surface area contributed by atoms with Crippen LogP contribution in [-0.4, -0.2) is 73.6 Å². The molecular weight excluding hydrogens is 466 g/mol. The maximum atomic E-state index is 12.6. The number of esters is 4. The summed E-state index contributed by atoms with van der Waals surface area (Å²) in [6.07, 6.45) is -5.26. The standard InChI is InChI=1S/C23H29NO11/c1-13(25)31-11-18-21(32-14(2)26)22(33-15(3)27)20(23(35-18)34-16(4)28)24-19(29)12-30-10-17-8-6-5-7-9-17/h5-9,18,20-23H,10-12H2,1-4H3,(H,24,29)/t18?,20?,21-,22-,23?/m1/s1. The molecule has 2 rings (SSSR count). The molecule has 0 bridgehead atoms. The number of amides is 1. The second kappa shape index (κ2) is 13.4. The van der Waals surface area contributed by atoms with Crippen molar-refractivity contribution >= 4 is 29.8 Å².